The van der Waals surface area contributed by atoms with E-state index in [9.17, 15) is 0 Å². The first-order chi connectivity index (χ1) is 4.84. The van der Waals surface area contributed by atoms with Gasteiger partial charge < -0.3 is 5.32 Å². The highest BCUT2D eigenvalue weighted by Crippen LogP contribution is 2.16. The Labute approximate surface area is 62.8 Å². The molecule has 0 aromatic rings. The monoisotopic (exact) mass is 137 g/mol. The van der Waals surface area contributed by atoms with E-state index >= 15 is 0 Å². The molecular formula is C9H15N. The molecule has 0 aromatic carbocycles. The molecular weight excluding hydrogens is 122 g/mol. The predicted molar refractivity (Wildman–Crippen MR) is 45.0 cm³/mol. The highest BCUT2D eigenvalue weighted by atomic mass is 14.8. The second-order valence-corrected chi connectivity index (χ2v) is 2.78. The zero-order chi connectivity index (χ0) is 7.40. The van der Waals surface area contributed by atoms with Gasteiger partial charge in [-0.2, -0.15) is 0 Å². The molecule has 1 aliphatic carbocycles. The van der Waals surface area contributed by atoms with Gasteiger partial charge in [0.25, 0.3) is 0 Å². The Kier molecular flexibility index (Phi) is 2.69. The standard InChI is InChI=1S/C9H15N/c1-8-5-3-4-6-9(8)7-10-2/h4,6,10H,3,5,7H2,1-2H3. The lowest BCUT2D eigenvalue weighted by Crippen LogP contribution is -2.11. The van der Waals surface area contributed by atoms with Crippen molar-refractivity contribution >= 4 is 0 Å². The summed E-state index contributed by atoms with van der Waals surface area (Å²) in [6.45, 7) is 3.23. The number of allylic oxidation sites excluding steroid dienone is 2. The average molecular weight is 137 g/mol. The van der Waals surface area contributed by atoms with Gasteiger partial charge in [0.15, 0.2) is 0 Å². The molecule has 0 saturated heterocycles. The van der Waals surface area contributed by atoms with E-state index < -0.39 is 0 Å². The molecule has 0 aliphatic heterocycles. The Morgan fingerprint density at radius 3 is 3.00 bits per heavy atom. The van der Waals surface area contributed by atoms with Gasteiger partial charge in [0, 0.05) is 6.54 Å². The zero-order valence-electron chi connectivity index (χ0n) is 6.78. The van der Waals surface area contributed by atoms with Crippen LogP contribution in [0, 0.1) is 0 Å². The van der Waals surface area contributed by atoms with Gasteiger partial charge >= 0.3 is 0 Å². The summed E-state index contributed by atoms with van der Waals surface area (Å²) in [4.78, 5) is 0. The van der Waals surface area contributed by atoms with Crippen LogP contribution in [0.2, 0.25) is 0 Å². The van der Waals surface area contributed by atoms with Gasteiger partial charge in [-0.25, -0.2) is 0 Å². The van der Waals surface area contributed by atoms with Gasteiger partial charge in [-0.3, -0.25) is 0 Å². The SMILES string of the molecule is CNCC1=C(C)CCC=C1. The Morgan fingerprint density at radius 1 is 1.60 bits per heavy atom. The van der Waals surface area contributed by atoms with Crippen molar-refractivity contribution in [2.45, 2.75) is 19.8 Å². The fourth-order valence-corrected chi connectivity index (χ4v) is 1.23. The molecule has 0 unspecified atom stereocenters. The molecule has 0 saturated carbocycles. The van der Waals surface area contributed by atoms with Gasteiger partial charge in [0.1, 0.15) is 0 Å². The molecule has 1 aliphatic rings. The number of likely N-dealkylation sites (N-methyl/N-ethyl adjacent to an activating group) is 1. The Morgan fingerprint density at radius 2 is 2.40 bits per heavy atom. The van der Waals surface area contributed by atoms with Crippen molar-refractivity contribution in [3.63, 3.8) is 0 Å². The van der Waals surface area contributed by atoms with Gasteiger partial charge in [0.2, 0.25) is 0 Å². The molecule has 0 atom stereocenters. The number of hydrogen-bond donors (Lipinski definition) is 1. The molecule has 1 heteroatoms. The third-order valence-corrected chi connectivity index (χ3v) is 1.92. The van der Waals surface area contributed by atoms with Crippen LogP contribution in [-0.2, 0) is 0 Å². The lowest BCUT2D eigenvalue weighted by atomic mass is 9.99. The number of rotatable bonds is 2. The molecule has 56 valence electrons. The third-order valence-electron chi connectivity index (χ3n) is 1.92. The Hall–Kier alpha value is -0.560. The van der Waals surface area contributed by atoms with Crippen LogP contribution in [-0.4, -0.2) is 13.6 Å². The van der Waals surface area contributed by atoms with Crippen molar-refractivity contribution in [1.82, 2.24) is 5.32 Å². The smallest absolute Gasteiger partial charge is 0.0201 e. The number of nitrogens with one attached hydrogen (secondary N) is 1. The Bertz CT molecular complexity index is 166. The molecule has 1 rings (SSSR count). The van der Waals surface area contributed by atoms with E-state index in [0.29, 0.717) is 0 Å². The maximum atomic E-state index is 3.16. The summed E-state index contributed by atoms with van der Waals surface area (Å²) in [6.07, 6.45) is 6.95. The first-order valence-electron chi connectivity index (χ1n) is 3.84. The largest absolute Gasteiger partial charge is 0.316 e. The molecule has 0 fully saturated rings. The molecule has 0 spiro atoms. The minimum Gasteiger partial charge on any atom is -0.316 e. The van der Waals surface area contributed by atoms with Gasteiger partial charge in [-0.15, -0.1) is 0 Å². The van der Waals surface area contributed by atoms with Crippen LogP contribution in [0.25, 0.3) is 0 Å². The normalized spacial score (nSPS) is 18.2. The van der Waals surface area contributed by atoms with Crippen molar-refractivity contribution in [3.05, 3.63) is 23.3 Å². The quantitative estimate of drug-likeness (QED) is 0.612. The summed E-state index contributed by atoms with van der Waals surface area (Å²) in [5.74, 6) is 0. The number of hydrogen-bond acceptors (Lipinski definition) is 1. The van der Waals surface area contributed by atoms with Crippen LogP contribution in [0.3, 0.4) is 0 Å². The summed E-state index contributed by atoms with van der Waals surface area (Å²) >= 11 is 0. The highest BCUT2D eigenvalue weighted by molar-refractivity contribution is 5.29. The topological polar surface area (TPSA) is 12.0 Å². The van der Waals surface area contributed by atoms with Crippen molar-refractivity contribution in [2.75, 3.05) is 13.6 Å². The first kappa shape index (κ1) is 7.55. The van der Waals surface area contributed by atoms with E-state index in [1.165, 1.54) is 24.0 Å². The fraction of sp³-hybridized carbons (Fsp3) is 0.556. The van der Waals surface area contributed by atoms with Gasteiger partial charge in [0.05, 0.1) is 0 Å². The second kappa shape index (κ2) is 3.57. The molecule has 0 radical (unpaired) electrons. The summed E-state index contributed by atoms with van der Waals surface area (Å²) in [6, 6.07) is 0. The molecule has 1 N–H and O–H groups in total. The van der Waals surface area contributed by atoms with Crippen molar-refractivity contribution in [2.24, 2.45) is 0 Å². The van der Waals surface area contributed by atoms with Crippen molar-refractivity contribution in [3.8, 4) is 0 Å². The van der Waals surface area contributed by atoms with E-state index in [4.69, 9.17) is 0 Å². The van der Waals surface area contributed by atoms with E-state index in [0.717, 1.165) is 6.54 Å². The minimum atomic E-state index is 1.02. The van der Waals surface area contributed by atoms with Crippen molar-refractivity contribution in [1.29, 1.82) is 0 Å². The highest BCUT2D eigenvalue weighted by Gasteiger charge is 2.01. The lowest BCUT2D eigenvalue weighted by molar-refractivity contribution is 0.848. The molecule has 1 nitrogen and oxygen atoms in total. The molecule has 0 amide bonds. The summed E-state index contributed by atoms with van der Waals surface area (Å²) < 4.78 is 0. The minimum absolute atomic E-state index is 1.02. The van der Waals surface area contributed by atoms with Crippen LogP contribution in [0.5, 0.6) is 0 Å². The summed E-state index contributed by atoms with van der Waals surface area (Å²) in [7, 11) is 1.99. The summed E-state index contributed by atoms with van der Waals surface area (Å²) in [5.41, 5.74) is 3.01. The van der Waals surface area contributed by atoms with E-state index in [2.05, 4.69) is 24.4 Å². The van der Waals surface area contributed by atoms with Crippen LogP contribution in [0.4, 0.5) is 0 Å². The van der Waals surface area contributed by atoms with Crippen LogP contribution in [0.1, 0.15) is 19.8 Å². The van der Waals surface area contributed by atoms with E-state index in [1.807, 2.05) is 7.05 Å². The van der Waals surface area contributed by atoms with E-state index in [-0.39, 0.29) is 0 Å². The first-order valence-corrected chi connectivity index (χ1v) is 3.84. The molecule has 10 heavy (non-hydrogen) atoms. The third kappa shape index (κ3) is 1.71. The van der Waals surface area contributed by atoms with Crippen LogP contribution >= 0.6 is 0 Å². The Balaban J connectivity index is 2.60. The maximum absolute atomic E-state index is 3.16. The van der Waals surface area contributed by atoms with Gasteiger partial charge in [-0.05, 0) is 32.4 Å². The molecule has 0 bridgehead atoms. The predicted octanol–water partition coefficient (Wildman–Crippen LogP) is 1.87. The van der Waals surface area contributed by atoms with E-state index in [1.54, 1.807) is 0 Å². The van der Waals surface area contributed by atoms with Crippen molar-refractivity contribution < 1.29 is 0 Å². The fourth-order valence-electron chi connectivity index (χ4n) is 1.23. The van der Waals surface area contributed by atoms with Crippen LogP contribution in [0.15, 0.2) is 23.3 Å². The lowest BCUT2D eigenvalue weighted by Gasteiger charge is -2.11. The summed E-state index contributed by atoms with van der Waals surface area (Å²) in [5, 5.41) is 3.16. The molecule has 0 heterocycles. The van der Waals surface area contributed by atoms with Gasteiger partial charge in [-0.1, -0.05) is 17.7 Å². The zero-order valence-corrected chi connectivity index (χ0v) is 6.78. The van der Waals surface area contributed by atoms with Crippen LogP contribution < -0.4 is 5.32 Å². The average Bonchev–Trinajstić information content (AvgIpc) is 1.94. The second-order valence-electron chi connectivity index (χ2n) is 2.78. The maximum Gasteiger partial charge on any atom is 0.0201 e. The molecule has 0 aromatic heterocycles.